The van der Waals surface area contributed by atoms with E-state index in [0.29, 0.717) is 6.10 Å². The molecule has 4 heteroatoms. The summed E-state index contributed by atoms with van der Waals surface area (Å²) in [6.45, 7) is 3.36. The fraction of sp³-hybridized carbons (Fsp3) is 0.929. The van der Waals surface area contributed by atoms with Crippen molar-refractivity contribution < 1.29 is 9.53 Å². The highest BCUT2D eigenvalue weighted by molar-refractivity contribution is 5.74. The molecule has 2 amide bonds. The van der Waals surface area contributed by atoms with Crippen molar-refractivity contribution >= 4 is 6.03 Å². The van der Waals surface area contributed by atoms with E-state index in [1.807, 2.05) is 4.90 Å². The van der Waals surface area contributed by atoms with Crippen LogP contribution >= 0.6 is 0 Å². The van der Waals surface area contributed by atoms with E-state index in [4.69, 9.17) is 4.74 Å². The molecule has 0 spiro atoms. The summed E-state index contributed by atoms with van der Waals surface area (Å²) in [5, 5.41) is 2.97. The van der Waals surface area contributed by atoms with Crippen molar-refractivity contribution in [1.82, 2.24) is 10.2 Å². The standard InChI is InChI=1S/C14H26N2O2/c17-14(16-10-4-5-11-16)15-9-6-12-18-13-7-2-1-3-8-13/h13H,1-12H2,(H,15,17). The molecular formula is C14H26N2O2. The molecule has 1 heterocycles. The van der Waals surface area contributed by atoms with Gasteiger partial charge in [0, 0.05) is 26.2 Å². The molecule has 18 heavy (non-hydrogen) atoms. The van der Waals surface area contributed by atoms with Gasteiger partial charge in [-0.2, -0.15) is 0 Å². The lowest BCUT2D eigenvalue weighted by atomic mass is 9.98. The molecule has 4 nitrogen and oxygen atoms in total. The molecule has 2 aliphatic rings. The van der Waals surface area contributed by atoms with Gasteiger partial charge in [0.25, 0.3) is 0 Å². The van der Waals surface area contributed by atoms with Crippen LogP contribution in [0.4, 0.5) is 4.79 Å². The SMILES string of the molecule is O=C(NCCCOC1CCCCC1)N1CCCC1. The molecule has 0 unspecified atom stereocenters. The number of amides is 2. The van der Waals surface area contributed by atoms with Crippen LogP contribution in [0, 0.1) is 0 Å². The lowest BCUT2D eigenvalue weighted by Gasteiger charge is -2.22. The summed E-state index contributed by atoms with van der Waals surface area (Å²) in [5.41, 5.74) is 0. The zero-order valence-electron chi connectivity index (χ0n) is 11.3. The normalized spacial score (nSPS) is 21.2. The quantitative estimate of drug-likeness (QED) is 0.766. The van der Waals surface area contributed by atoms with E-state index in [9.17, 15) is 4.79 Å². The predicted octanol–water partition coefficient (Wildman–Crippen LogP) is 2.53. The van der Waals surface area contributed by atoms with Gasteiger partial charge in [-0.15, -0.1) is 0 Å². The zero-order valence-corrected chi connectivity index (χ0v) is 11.3. The van der Waals surface area contributed by atoms with Gasteiger partial charge in [0.2, 0.25) is 0 Å². The molecule has 0 aromatic rings. The Morgan fingerprint density at radius 2 is 1.83 bits per heavy atom. The lowest BCUT2D eigenvalue weighted by molar-refractivity contribution is 0.0275. The third kappa shape index (κ3) is 4.48. The van der Waals surface area contributed by atoms with E-state index < -0.39 is 0 Å². The molecule has 0 atom stereocenters. The highest BCUT2D eigenvalue weighted by Crippen LogP contribution is 2.20. The van der Waals surface area contributed by atoms with Crippen molar-refractivity contribution in [3.05, 3.63) is 0 Å². The van der Waals surface area contributed by atoms with Crippen LogP contribution in [0.15, 0.2) is 0 Å². The fourth-order valence-electron chi connectivity index (χ4n) is 2.78. The van der Waals surface area contributed by atoms with Crippen LogP contribution in [0.2, 0.25) is 0 Å². The topological polar surface area (TPSA) is 41.6 Å². The number of carbonyl (C=O) groups excluding carboxylic acids is 1. The van der Waals surface area contributed by atoms with Gasteiger partial charge in [-0.05, 0) is 32.1 Å². The Morgan fingerprint density at radius 3 is 2.56 bits per heavy atom. The molecule has 1 saturated heterocycles. The molecular weight excluding hydrogens is 228 g/mol. The molecule has 0 aromatic carbocycles. The Morgan fingerprint density at radius 1 is 1.11 bits per heavy atom. The van der Waals surface area contributed by atoms with Crippen molar-refractivity contribution in [1.29, 1.82) is 0 Å². The van der Waals surface area contributed by atoms with E-state index in [1.54, 1.807) is 0 Å². The predicted molar refractivity (Wildman–Crippen MR) is 71.6 cm³/mol. The van der Waals surface area contributed by atoms with E-state index >= 15 is 0 Å². The van der Waals surface area contributed by atoms with Gasteiger partial charge in [-0.25, -0.2) is 4.79 Å². The molecule has 0 bridgehead atoms. The lowest BCUT2D eigenvalue weighted by Crippen LogP contribution is -2.38. The molecule has 104 valence electrons. The monoisotopic (exact) mass is 254 g/mol. The average Bonchev–Trinajstić information content (AvgIpc) is 2.93. The summed E-state index contributed by atoms with van der Waals surface area (Å²) >= 11 is 0. The Kier molecular flexibility index (Phi) is 5.78. The molecule has 1 saturated carbocycles. The first-order chi connectivity index (χ1) is 8.86. The second kappa shape index (κ2) is 7.62. The summed E-state index contributed by atoms with van der Waals surface area (Å²) in [4.78, 5) is 13.6. The van der Waals surface area contributed by atoms with Crippen LogP contribution < -0.4 is 5.32 Å². The second-order valence-electron chi connectivity index (χ2n) is 5.41. The number of nitrogens with zero attached hydrogens (tertiary/aromatic N) is 1. The number of rotatable bonds is 5. The highest BCUT2D eigenvalue weighted by Gasteiger charge is 2.17. The molecule has 1 N–H and O–H groups in total. The van der Waals surface area contributed by atoms with E-state index in [0.717, 1.165) is 45.5 Å². The summed E-state index contributed by atoms with van der Waals surface area (Å²) in [6.07, 6.45) is 10.2. The number of hydrogen-bond donors (Lipinski definition) is 1. The second-order valence-corrected chi connectivity index (χ2v) is 5.41. The van der Waals surface area contributed by atoms with Crippen LogP contribution in [-0.2, 0) is 4.74 Å². The molecule has 0 radical (unpaired) electrons. The summed E-state index contributed by atoms with van der Waals surface area (Å²) in [5.74, 6) is 0. The van der Waals surface area contributed by atoms with Gasteiger partial charge in [0.1, 0.15) is 0 Å². The number of ether oxygens (including phenoxy) is 1. The van der Waals surface area contributed by atoms with Crippen LogP contribution in [0.5, 0.6) is 0 Å². The first kappa shape index (κ1) is 13.7. The maximum atomic E-state index is 11.7. The number of nitrogens with one attached hydrogen (secondary N) is 1. The maximum absolute atomic E-state index is 11.7. The Balaban J connectivity index is 1.46. The van der Waals surface area contributed by atoms with Crippen molar-refractivity contribution in [3.63, 3.8) is 0 Å². The van der Waals surface area contributed by atoms with Crippen LogP contribution in [0.3, 0.4) is 0 Å². The minimum Gasteiger partial charge on any atom is -0.378 e. The molecule has 2 fully saturated rings. The fourth-order valence-corrected chi connectivity index (χ4v) is 2.78. The third-order valence-electron chi connectivity index (χ3n) is 3.90. The van der Waals surface area contributed by atoms with Crippen molar-refractivity contribution in [2.75, 3.05) is 26.2 Å². The van der Waals surface area contributed by atoms with Gasteiger partial charge in [0.05, 0.1) is 6.10 Å². The van der Waals surface area contributed by atoms with Crippen molar-refractivity contribution in [2.24, 2.45) is 0 Å². The first-order valence-electron chi connectivity index (χ1n) is 7.50. The Hall–Kier alpha value is -0.770. The van der Waals surface area contributed by atoms with Crippen LogP contribution in [0.25, 0.3) is 0 Å². The van der Waals surface area contributed by atoms with Crippen LogP contribution in [0.1, 0.15) is 51.4 Å². The molecule has 0 aromatic heterocycles. The minimum absolute atomic E-state index is 0.102. The largest absolute Gasteiger partial charge is 0.378 e. The third-order valence-corrected chi connectivity index (χ3v) is 3.90. The highest BCUT2D eigenvalue weighted by atomic mass is 16.5. The molecule has 1 aliphatic heterocycles. The van der Waals surface area contributed by atoms with Gasteiger partial charge in [-0.1, -0.05) is 19.3 Å². The molecule has 2 rings (SSSR count). The van der Waals surface area contributed by atoms with Crippen LogP contribution in [-0.4, -0.2) is 43.3 Å². The summed E-state index contributed by atoms with van der Waals surface area (Å²) in [6, 6.07) is 0.102. The molecule has 1 aliphatic carbocycles. The number of carbonyl (C=O) groups is 1. The van der Waals surface area contributed by atoms with E-state index in [1.165, 1.54) is 32.1 Å². The van der Waals surface area contributed by atoms with Gasteiger partial charge in [0.15, 0.2) is 0 Å². The van der Waals surface area contributed by atoms with E-state index in [2.05, 4.69) is 5.32 Å². The number of urea groups is 1. The number of likely N-dealkylation sites (tertiary alicyclic amines) is 1. The Bertz CT molecular complexity index is 246. The summed E-state index contributed by atoms with van der Waals surface area (Å²) < 4.78 is 5.83. The van der Waals surface area contributed by atoms with E-state index in [-0.39, 0.29) is 6.03 Å². The first-order valence-corrected chi connectivity index (χ1v) is 7.50. The Labute approximate surface area is 110 Å². The average molecular weight is 254 g/mol. The number of hydrogen-bond acceptors (Lipinski definition) is 2. The van der Waals surface area contributed by atoms with Gasteiger partial charge < -0.3 is 15.0 Å². The smallest absolute Gasteiger partial charge is 0.317 e. The van der Waals surface area contributed by atoms with Crippen molar-refractivity contribution in [2.45, 2.75) is 57.5 Å². The van der Waals surface area contributed by atoms with Gasteiger partial charge >= 0.3 is 6.03 Å². The summed E-state index contributed by atoms with van der Waals surface area (Å²) in [7, 11) is 0. The minimum atomic E-state index is 0.102. The maximum Gasteiger partial charge on any atom is 0.317 e. The van der Waals surface area contributed by atoms with Gasteiger partial charge in [-0.3, -0.25) is 0 Å². The van der Waals surface area contributed by atoms with Crippen molar-refractivity contribution in [3.8, 4) is 0 Å². The zero-order chi connectivity index (χ0) is 12.6.